The molecule has 116 valence electrons. The summed E-state index contributed by atoms with van der Waals surface area (Å²) in [7, 11) is 2.04. The van der Waals surface area contributed by atoms with Gasteiger partial charge < -0.3 is 9.30 Å². The lowest BCUT2D eigenvalue weighted by atomic mass is 10.0. The summed E-state index contributed by atoms with van der Waals surface area (Å²) in [6, 6.07) is 16.0. The number of rotatable bonds is 2. The molecule has 4 nitrogen and oxygen atoms in total. The minimum atomic E-state index is -0.264. The monoisotopic (exact) mass is 306 g/mol. The molecule has 0 N–H and O–H groups in total. The number of benzene rings is 2. The van der Waals surface area contributed by atoms with Gasteiger partial charge in [0.1, 0.15) is 6.61 Å². The molecule has 2 aromatic carbocycles. The van der Waals surface area contributed by atoms with E-state index in [0.717, 1.165) is 5.56 Å². The van der Waals surface area contributed by atoms with Gasteiger partial charge in [-0.25, -0.2) is 4.79 Å². The zero-order valence-corrected chi connectivity index (χ0v) is 13.0. The van der Waals surface area contributed by atoms with Crippen molar-refractivity contribution in [3.8, 4) is 0 Å². The number of aromatic nitrogens is 1. The summed E-state index contributed by atoms with van der Waals surface area (Å²) in [5.41, 5.74) is 4.58. The van der Waals surface area contributed by atoms with Crippen molar-refractivity contribution in [2.45, 2.75) is 19.7 Å². The molecule has 0 spiro atoms. The molecule has 0 radical (unpaired) electrons. The Balaban J connectivity index is 1.52. The Morgan fingerprint density at radius 3 is 2.65 bits per heavy atom. The number of aryl methyl sites for hydroxylation is 1. The Labute approximate surface area is 134 Å². The van der Waals surface area contributed by atoms with Gasteiger partial charge in [-0.3, -0.25) is 4.90 Å². The van der Waals surface area contributed by atoms with Gasteiger partial charge in [-0.1, -0.05) is 42.5 Å². The van der Waals surface area contributed by atoms with E-state index < -0.39 is 0 Å². The highest BCUT2D eigenvalue weighted by Gasteiger charge is 2.25. The van der Waals surface area contributed by atoms with Gasteiger partial charge in [-0.15, -0.1) is 0 Å². The molecule has 0 saturated carbocycles. The van der Waals surface area contributed by atoms with Crippen molar-refractivity contribution in [2.24, 2.45) is 7.05 Å². The van der Waals surface area contributed by atoms with Crippen LogP contribution in [-0.2, 0) is 31.5 Å². The highest BCUT2D eigenvalue weighted by Crippen LogP contribution is 2.31. The van der Waals surface area contributed by atoms with Gasteiger partial charge in [0.15, 0.2) is 0 Å². The molecule has 1 aliphatic heterocycles. The maximum atomic E-state index is 12.4. The number of ether oxygens (including phenoxy) is 1. The Kier molecular flexibility index (Phi) is 3.30. The first-order valence-corrected chi connectivity index (χ1v) is 7.74. The smallest absolute Gasteiger partial charge is 0.410 e. The van der Waals surface area contributed by atoms with Gasteiger partial charge in [-0.05, 0) is 22.8 Å². The highest BCUT2D eigenvalue weighted by atomic mass is 16.6. The number of amides is 1. The van der Waals surface area contributed by atoms with Crippen LogP contribution in [-0.4, -0.2) is 15.6 Å². The fourth-order valence-electron chi connectivity index (χ4n) is 3.28. The molecule has 3 aromatic rings. The van der Waals surface area contributed by atoms with Crippen LogP contribution in [0.1, 0.15) is 16.7 Å². The molecule has 1 aromatic heterocycles. The number of hydrogen-bond donors (Lipinski definition) is 0. The molecule has 2 heterocycles. The first kappa shape index (κ1) is 13.9. The molecule has 23 heavy (non-hydrogen) atoms. The van der Waals surface area contributed by atoms with Gasteiger partial charge >= 0.3 is 6.09 Å². The standard InChI is InChI=1S/C19H18N2O2/c1-20-10-16-12-21(11-15-8-5-9-17(20)18(15)16)19(22)23-13-14-6-3-2-4-7-14/h2-10H,11-13H2,1H3. The molecule has 1 amide bonds. The van der Waals surface area contributed by atoms with Crippen molar-refractivity contribution in [2.75, 3.05) is 0 Å². The fourth-order valence-corrected chi connectivity index (χ4v) is 3.28. The van der Waals surface area contributed by atoms with Gasteiger partial charge in [0.25, 0.3) is 0 Å². The third-order valence-corrected chi connectivity index (χ3v) is 4.37. The number of hydrogen-bond acceptors (Lipinski definition) is 2. The second-order valence-corrected chi connectivity index (χ2v) is 5.97. The minimum absolute atomic E-state index is 0.264. The average molecular weight is 306 g/mol. The summed E-state index contributed by atoms with van der Waals surface area (Å²) < 4.78 is 7.58. The predicted molar refractivity (Wildman–Crippen MR) is 88.8 cm³/mol. The number of carbonyl (C=O) groups excluding carboxylic acids is 1. The van der Waals surface area contributed by atoms with E-state index in [1.165, 1.54) is 22.0 Å². The summed E-state index contributed by atoms with van der Waals surface area (Å²) in [6.07, 6.45) is 1.84. The molecule has 0 bridgehead atoms. The third kappa shape index (κ3) is 2.46. The van der Waals surface area contributed by atoms with E-state index in [1.807, 2.05) is 43.4 Å². The van der Waals surface area contributed by atoms with Crippen molar-refractivity contribution >= 4 is 17.0 Å². The number of nitrogens with zero attached hydrogens (tertiary/aromatic N) is 2. The summed E-state index contributed by atoms with van der Waals surface area (Å²) in [4.78, 5) is 14.2. The van der Waals surface area contributed by atoms with Crippen LogP contribution in [0.5, 0.6) is 0 Å². The first-order valence-electron chi connectivity index (χ1n) is 7.74. The molecule has 0 saturated heterocycles. The SMILES string of the molecule is Cn1cc2c3c(cccc31)CN(C(=O)OCc1ccccc1)C2. The van der Waals surface area contributed by atoms with Crippen LogP contribution in [0.25, 0.3) is 10.9 Å². The van der Waals surface area contributed by atoms with Crippen molar-refractivity contribution in [3.63, 3.8) is 0 Å². The third-order valence-electron chi connectivity index (χ3n) is 4.37. The average Bonchev–Trinajstić information content (AvgIpc) is 2.91. The molecule has 4 heteroatoms. The van der Waals surface area contributed by atoms with Crippen LogP contribution in [0, 0.1) is 0 Å². The summed E-state index contributed by atoms with van der Waals surface area (Å²) >= 11 is 0. The van der Waals surface area contributed by atoms with Crippen molar-refractivity contribution < 1.29 is 9.53 Å². The Morgan fingerprint density at radius 1 is 1.04 bits per heavy atom. The minimum Gasteiger partial charge on any atom is -0.445 e. The first-order chi connectivity index (χ1) is 11.2. The molecule has 0 aliphatic carbocycles. The predicted octanol–water partition coefficient (Wildman–Crippen LogP) is 3.83. The number of carbonyl (C=O) groups is 1. The largest absolute Gasteiger partial charge is 0.445 e. The zero-order chi connectivity index (χ0) is 15.8. The van der Waals surface area contributed by atoms with Crippen molar-refractivity contribution in [3.05, 3.63) is 71.4 Å². The summed E-state index contributed by atoms with van der Waals surface area (Å²) in [5.74, 6) is 0. The van der Waals surface area contributed by atoms with E-state index in [0.29, 0.717) is 19.7 Å². The van der Waals surface area contributed by atoms with Crippen LogP contribution >= 0.6 is 0 Å². The highest BCUT2D eigenvalue weighted by molar-refractivity contribution is 5.89. The fraction of sp³-hybridized carbons (Fsp3) is 0.211. The second-order valence-electron chi connectivity index (χ2n) is 5.97. The summed E-state index contributed by atoms with van der Waals surface area (Å²) in [5, 5.41) is 1.28. The van der Waals surface area contributed by atoms with E-state index >= 15 is 0 Å². The zero-order valence-electron chi connectivity index (χ0n) is 13.0. The lowest BCUT2D eigenvalue weighted by Gasteiger charge is -2.26. The topological polar surface area (TPSA) is 34.5 Å². The van der Waals surface area contributed by atoms with E-state index in [2.05, 4.69) is 22.9 Å². The Hall–Kier alpha value is -2.75. The molecular formula is C19H18N2O2. The molecule has 0 fully saturated rings. The van der Waals surface area contributed by atoms with Crippen LogP contribution in [0.3, 0.4) is 0 Å². The van der Waals surface area contributed by atoms with Gasteiger partial charge in [0.05, 0.1) is 13.1 Å². The van der Waals surface area contributed by atoms with Gasteiger partial charge in [-0.2, -0.15) is 0 Å². The normalized spacial score (nSPS) is 13.3. The van der Waals surface area contributed by atoms with Gasteiger partial charge in [0.2, 0.25) is 0 Å². The molecule has 4 rings (SSSR count). The molecule has 1 aliphatic rings. The van der Waals surface area contributed by atoms with Gasteiger partial charge in [0, 0.05) is 24.1 Å². The van der Waals surface area contributed by atoms with E-state index in [-0.39, 0.29) is 6.09 Å². The lowest BCUT2D eigenvalue weighted by molar-refractivity contribution is 0.0904. The molecule has 0 atom stereocenters. The van der Waals surface area contributed by atoms with Crippen LogP contribution in [0.15, 0.2) is 54.7 Å². The Morgan fingerprint density at radius 2 is 1.83 bits per heavy atom. The van der Waals surface area contributed by atoms with E-state index in [4.69, 9.17) is 4.74 Å². The van der Waals surface area contributed by atoms with Crippen molar-refractivity contribution in [1.29, 1.82) is 0 Å². The van der Waals surface area contributed by atoms with E-state index in [9.17, 15) is 4.79 Å². The maximum absolute atomic E-state index is 12.4. The van der Waals surface area contributed by atoms with Crippen molar-refractivity contribution in [1.82, 2.24) is 9.47 Å². The molecular weight excluding hydrogens is 288 g/mol. The maximum Gasteiger partial charge on any atom is 0.410 e. The van der Waals surface area contributed by atoms with Crippen LogP contribution in [0.4, 0.5) is 4.79 Å². The van der Waals surface area contributed by atoms with E-state index in [1.54, 1.807) is 4.90 Å². The van der Waals surface area contributed by atoms with Crippen LogP contribution < -0.4 is 0 Å². The second kappa shape index (κ2) is 5.47. The lowest BCUT2D eigenvalue weighted by Crippen LogP contribution is -2.32. The summed E-state index contributed by atoms with van der Waals surface area (Å²) in [6.45, 7) is 1.51. The quantitative estimate of drug-likeness (QED) is 0.721. The van der Waals surface area contributed by atoms with Crippen LogP contribution in [0.2, 0.25) is 0 Å². The molecule has 0 unspecified atom stereocenters. The Bertz CT molecular complexity index is 868.